The lowest BCUT2D eigenvalue weighted by Crippen LogP contribution is -2.44. The zero-order valence-electron chi connectivity index (χ0n) is 7.76. The normalized spacial score (nSPS) is 14.1. The van der Waals surface area contributed by atoms with E-state index in [2.05, 4.69) is 0 Å². The fourth-order valence-electron chi connectivity index (χ4n) is 0.697. The molecule has 0 amide bonds. The van der Waals surface area contributed by atoms with Crippen molar-refractivity contribution in [2.75, 3.05) is 14.1 Å². The lowest BCUT2D eigenvalue weighted by molar-refractivity contribution is -1.21. The molecule has 4 heteroatoms. The molecule has 3 nitrogen and oxygen atoms in total. The maximum absolute atomic E-state index is 5.52. The summed E-state index contributed by atoms with van der Waals surface area (Å²) in [5, 5.41) is 0. The Morgan fingerprint density at radius 2 is 1.60 bits per heavy atom. The third-order valence-electron chi connectivity index (χ3n) is 0.933. The van der Waals surface area contributed by atoms with E-state index in [0.29, 0.717) is 10.5 Å². The van der Waals surface area contributed by atoms with Gasteiger partial charge in [0.1, 0.15) is 19.7 Å². The maximum Gasteiger partial charge on any atom is 0.232 e. The Hall–Kier alpha value is 0.0969. The van der Waals surface area contributed by atoms with Crippen LogP contribution in [-0.2, 0) is 9.36 Å². The lowest BCUT2D eigenvalue weighted by atomic mass is 10.2. The van der Waals surface area contributed by atoms with Crippen molar-refractivity contribution in [1.29, 1.82) is 0 Å². The van der Waals surface area contributed by atoms with Crippen LogP contribution in [0.1, 0.15) is 20.8 Å². The highest BCUT2D eigenvalue weighted by atomic mass is 28.2. The van der Waals surface area contributed by atoms with Gasteiger partial charge in [0.25, 0.3) is 0 Å². The van der Waals surface area contributed by atoms with Crippen LogP contribution < -0.4 is 0 Å². The highest BCUT2D eigenvalue weighted by Gasteiger charge is 2.25. The number of nitrogens with zero attached hydrogens (tertiary/aromatic N) is 1. The van der Waals surface area contributed by atoms with Crippen molar-refractivity contribution in [3.8, 4) is 0 Å². The SMILES string of the molecule is CC(C)(C)O[N+](C)(C)O[SiH3]. The van der Waals surface area contributed by atoms with Gasteiger partial charge in [-0.3, -0.25) is 0 Å². The van der Waals surface area contributed by atoms with Gasteiger partial charge in [-0.15, -0.1) is 0 Å². The summed E-state index contributed by atoms with van der Waals surface area (Å²) >= 11 is 0. The van der Waals surface area contributed by atoms with E-state index in [-0.39, 0.29) is 10.4 Å². The van der Waals surface area contributed by atoms with Gasteiger partial charge in [-0.05, 0) is 20.8 Å². The number of hydrogen-bond donors (Lipinski definition) is 0. The van der Waals surface area contributed by atoms with Gasteiger partial charge in [-0.25, -0.2) is 4.53 Å². The number of hydrogen-bond acceptors (Lipinski definition) is 2. The number of rotatable bonds is 2. The summed E-state index contributed by atoms with van der Waals surface area (Å²) in [7, 11) is 4.43. The minimum absolute atomic E-state index is 0.145. The molecule has 62 valence electrons. The molecule has 0 radical (unpaired) electrons. The smallest absolute Gasteiger partial charge is 0.232 e. The van der Waals surface area contributed by atoms with Crippen molar-refractivity contribution in [1.82, 2.24) is 0 Å². The second kappa shape index (κ2) is 3.00. The highest BCUT2D eigenvalue weighted by molar-refractivity contribution is 5.97. The Labute approximate surface area is 66.0 Å². The van der Waals surface area contributed by atoms with Crippen LogP contribution in [0.2, 0.25) is 0 Å². The van der Waals surface area contributed by atoms with Crippen LogP contribution >= 0.6 is 0 Å². The van der Waals surface area contributed by atoms with Crippen LogP contribution in [0, 0.1) is 0 Å². The molecule has 0 bridgehead atoms. The molecular weight excluding hydrogens is 146 g/mol. The first-order valence-electron chi connectivity index (χ1n) is 3.37. The van der Waals surface area contributed by atoms with E-state index in [4.69, 9.17) is 9.36 Å². The summed E-state index contributed by atoms with van der Waals surface area (Å²) in [6.07, 6.45) is 0. The Morgan fingerprint density at radius 3 is 1.70 bits per heavy atom. The molecule has 0 fully saturated rings. The van der Waals surface area contributed by atoms with E-state index >= 15 is 0 Å². The van der Waals surface area contributed by atoms with Gasteiger partial charge in [0, 0.05) is 0 Å². The zero-order valence-corrected chi connectivity index (χ0v) is 9.76. The van der Waals surface area contributed by atoms with Crippen LogP contribution in [-0.4, -0.2) is 35.0 Å². The molecule has 0 saturated carbocycles. The van der Waals surface area contributed by atoms with Gasteiger partial charge < -0.3 is 0 Å². The molecule has 0 aliphatic heterocycles. The molecule has 0 saturated heterocycles. The van der Waals surface area contributed by atoms with Crippen molar-refractivity contribution < 1.29 is 14.2 Å². The third kappa shape index (κ3) is 4.93. The van der Waals surface area contributed by atoms with Crippen LogP contribution in [0.3, 0.4) is 0 Å². The Bertz CT molecular complexity index is 109. The Balaban J connectivity index is 3.89. The van der Waals surface area contributed by atoms with Gasteiger partial charge in [0.2, 0.25) is 10.5 Å². The van der Waals surface area contributed by atoms with Gasteiger partial charge in [-0.2, -0.15) is 4.84 Å². The largest absolute Gasteiger partial charge is 0.236 e. The fraction of sp³-hybridized carbons (Fsp3) is 1.00. The summed E-state index contributed by atoms with van der Waals surface area (Å²) < 4.78 is 5.17. The van der Waals surface area contributed by atoms with E-state index in [1.807, 2.05) is 34.9 Å². The Kier molecular flexibility index (Phi) is 3.03. The van der Waals surface area contributed by atoms with E-state index in [0.717, 1.165) is 0 Å². The molecule has 0 aromatic carbocycles. The fourth-order valence-corrected chi connectivity index (χ4v) is 0.771. The maximum atomic E-state index is 5.52. The quantitative estimate of drug-likeness (QED) is 0.325. The molecule has 0 aromatic rings. The van der Waals surface area contributed by atoms with Crippen molar-refractivity contribution >= 4 is 10.5 Å². The summed E-state index contributed by atoms with van der Waals surface area (Å²) in [4.78, 5) is 5.71. The molecule has 10 heavy (non-hydrogen) atoms. The van der Waals surface area contributed by atoms with Crippen LogP contribution in [0.4, 0.5) is 0 Å². The predicted molar refractivity (Wildman–Crippen MR) is 44.0 cm³/mol. The van der Waals surface area contributed by atoms with E-state index in [1.165, 1.54) is 0 Å². The van der Waals surface area contributed by atoms with Crippen molar-refractivity contribution in [3.63, 3.8) is 0 Å². The number of hydroxylamine groups is 4. The molecule has 0 aromatic heterocycles. The molecule has 0 rings (SSSR count). The molecule has 0 N–H and O–H groups in total. The van der Waals surface area contributed by atoms with E-state index < -0.39 is 0 Å². The molecule has 0 aliphatic rings. The average Bonchev–Trinajstić information content (AvgIpc) is 1.60. The first-order chi connectivity index (χ1) is 4.27. The van der Waals surface area contributed by atoms with Crippen molar-refractivity contribution in [2.45, 2.75) is 26.4 Å². The first kappa shape index (κ1) is 10.1. The lowest BCUT2D eigenvalue weighted by Gasteiger charge is -2.30. The topological polar surface area (TPSA) is 18.5 Å². The zero-order chi connectivity index (χ0) is 8.41. The molecular formula is C6H18NO2Si+. The number of quaternary nitrogens is 1. The van der Waals surface area contributed by atoms with Crippen LogP contribution in [0.5, 0.6) is 0 Å². The van der Waals surface area contributed by atoms with Crippen molar-refractivity contribution in [3.05, 3.63) is 0 Å². The molecule has 0 spiro atoms. The minimum atomic E-state index is -0.145. The summed E-state index contributed by atoms with van der Waals surface area (Å²) in [6.45, 7) is 6.02. The molecule has 0 unspecified atom stereocenters. The Morgan fingerprint density at radius 1 is 1.20 bits per heavy atom. The molecule has 0 heterocycles. The summed E-state index contributed by atoms with van der Waals surface area (Å²) in [5.74, 6) is 0. The van der Waals surface area contributed by atoms with Crippen LogP contribution in [0.25, 0.3) is 0 Å². The van der Waals surface area contributed by atoms with E-state index in [9.17, 15) is 0 Å². The predicted octanol–water partition coefficient (Wildman–Crippen LogP) is 0.00490. The van der Waals surface area contributed by atoms with Crippen molar-refractivity contribution in [2.24, 2.45) is 0 Å². The second-order valence-electron chi connectivity index (χ2n) is 3.64. The van der Waals surface area contributed by atoms with Gasteiger partial charge in [0.15, 0.2) is 0 Å². The standard InChI is InChI=1S/C6H18NO2Si/c1-6(2,3)8-7(4,5)9-10/h1-5,10H3/q+1. The average molecular weight is 164 g/mol. The molecule has 0 aliphatic carbocycles. The third-order valence-corrected chi connectivity index (χ3v) is 1.81. The second-order valence-corrected chi connectivity index (χ2v) is 4.00. The van der Waals surface area contributed by atoms with Gasteiger partial charge >= 0.3 is 0 Å². The summed E-state index contributed by atoms with van der Waals surface area (Å²) in [5.41, 5.74) is -0.145. The van der Waals surface area contributed by atoms with Gasteiger partial charge in [-0.1, -0.05) is 4.81 Å². The monoisotopic (exact) mass is 164 g/mol. The first-order valence-corrected chi connectivity index (χ1v) is 4.19. The van der Waals surface area contributed by atoms with Gasteiger partial charge in [0.05, 0.1) is 0 Å². The minimum Gasteiger partial charge on any atom is -0.236 e. The highest BCUT2D eigenvalue weighted by Crippen LogP contribution is 2.13. The summed E-state index contributed by atoms with van der Waals surface area (Å²) in [6, 6.07) is 0. The van der Waals surface area contributed by atoms with E-state index in [1.54, 1.807) is 0 Å². The van der Waals surface area contributed by atoms with Crippen LogP contribution in [0.15, 0.2) is 0 Å². The molecule has 0 atom stereocenters.